The summed E-state index contributed by atoms with van der Waals surface area (Å²) in [6, 6.07) is 9.34. The zero-order valence-corrected chi connectivity index (χ0v) is 12.8. The monoisotopic (exact) mass is 278 g/mol. The van der Waals surface area contributed by atoms with Gasteiger partial charge in [-0.3, -0.25) is 5.32 Å². The highest BCUT2D eigenvalue weighted by Gasteiger charge is 2.20. The molecule has 0 aliphatic carbocycles. The van der Waals surface area contributed by atoms with E-state index in [9.17, 15) is 4.79 Å². The molecule has 0 saturated carbocycles. The third-order valence-electron chi connectivity index (χ3n) is 3.33. The number of carbonyl (C=O) groups excluding carboxylic acids is 1. The van der Waals surface area contributed by atoms with Gasteiger partial charge in [0, 0.05) is 13.1 Å². The molecule has 0 bridgehead atoms. The van der Waals surface area contributed by atoms with Crippen LogP contribution in [0.15, 0.2) is 30.3 Å². The molecular formula is C16H26N2O2. The Morgan fingerprint density at radius 2 is 1.85 bits per heavy atom. The molecule has 0 spiro atoms. The van der Waals surface area contributed by atoms with Gasteiger partial charge in [-0.25, -0.2) is 4.79 Å². The summed E-state index contributed by atoms with van der Waals surface area (Å²) >= 11 is 0. The topological polar surface area (TPSA) is 41.6 Å². The molecule has 1 unspecified atom stereocenters. The molecule has 1 N–H and O–H groups in total. The van der Waals surface area contributed by atoms with Gasteiger partial charge in [-0.2, -0.15) is 0 Å². The second kappa shape index (κ2) is 9.50. The molecule has 0 saturated heterocycles. The van der Waals surface area contributed by atoms with Crippen LogP contribution in [0.2, 0.25) is 0 Å². The summed E-state index contributed by atoms with van der Waals surface area (Å²) in [6.45, 7) is 10.2. The lowest BCUT2D eigenvalue weighted by Gasteiger charge is -2.21. The van der Waals surface area contributed by atoms with Crippen molar-refractivity contribution in [2.75, 3.05) is 32.8 Å². The molecule has 4 heteroatoms. The predicted molar refractivity (Wildman–Crippen MR) is 81.6 cm³/mol. The quantitative estimate of drug-likeness (QED) is 0.703. The van der Waals surface area contributed by atoms with Gasteiger partial charge in [-0.1, -0.05) is 44.2 Å². The molecular weight excluding hydrogens is 252 g/mol. The highest BCUT2D eigenvalue weighted by Crippen LogP contribution is 2.14. The fraction of sp³-hybridized carbons (Fsp3) is 0.562. The Bertz CT molecular complexity index is 377. The molecule has 112 valence electrons. The van der Waals surface area contributed by atoms with Crippen molar-refractivity contribution in [3.05, 3.63) is 35.9 Å². The van der Waals surface area contributed by atoms with E-state index in [0.717, 1.165) is 31.7 Å². The molecule has 20 heavy (non-hydrogen) atoms. The number of carbonyl (C=O) groups is 1. The summed E-state index contributed by atoms with van der Waals surface area (Å²) in [5.74, 6) is -0.210. The number of rotatable bonds is 9. The summed E-state index contributed by atoms with van der Waals surface area (Å²) in [5.41, 5.74) is 0.950. The smallest absolute Gasteiger partial charge is 0.327 e. The van der Waals surface area contributed by atoms with Crippen molar-refractivity contribution >= 4 is 5.97 Å². The first-order chi connectivity index (χ1) is 9.72. The number of hydrogen-bond donors (Lipinski definition) is 1. The Kier molecular flexibility index (Phi) is 7.92. The van der Waals surface area contributed by atoms with Gasteiger partial charge >= 0.3 is 5.97 Å². The van der Waals surface area contributed by atoms with Gasteiger partial charge in [-0.05, 0) is 25.6 Å². The average Bonchev–Trinajstić information content (AvgIpc) is 2.48. The Morgan fingerprint density at radius 3 is 2.40 bits per heavy atom. The highest BCUT2D eigenvalue weighted by molar-refractivity contribution is 5.77. The van der Waals surface area contributed by atoms with Crippen molar-refractivity contribution in [1.82, 2.24) is 10.2 Å². The number of benzene rings is 1. The lowest BCUT2D eigenvalue weighted by Crippen LogP contribution is -2.37. The lowest BCUT2D eigenvalue weighted by molar-refractivity contribution is -0.145. The van der Waals surface area contributed by atoms with E-state index in [1.165, 1.54) is 0 Å². The standard InChI is InChI=1S/C16H26N2O2/c1-4-18(5-2)13-12-17-15(16(19)20-6-3)14-10-8-7-9-11-14/h7-11,15,17H,4-6,12-13H2,1-3H3. The van der Waals surface area contributed by atoms with Gasteiger partial charge in [-0.15, -0.1) is 0 Å². The SMILES string of the molecule is CCOC(=O)C(NCCN(CC)CC)c1ccccc1. The molecule has 0 heterocycles. The van der Waals surface area contributed by atoms with Crippen LogP contribution in [0, 0.1) is 0 Å². The highest BCUT2D eigenvalue weighted by atomic mass is 16.5. The van der Waals surface area contributed by atoms with Gasteiger partial charge < -0.3 is 9.64 Å². The number of ether oxygens (including phenoxy) is 1. The molecule has 4 nitrogen and oxygen atoms in total. The molecule has 0 amide bonds. The van der Waals surface area contributed by atoms with Crippen LogP contribution in [0.5, 0.6) is 0 Å². The van der Waals surface area contributed by atoms with Crippen LogP contribution in [0.1, 0.15) is 32.4 Å². The van der Waals surface area contributed by atoms with Crippen molar-refractivity contribution in [1.29, 1.82) is 0 Å². The van der Waals surface area contributed by atoms with Gasteiger partial charge in [0.05, 0.1) is 6.61 Å². The fourth-order valence-corrected chi connectivity index (χ4v) is 2.12. The van der Waals surface area contributed by atoms with Crippen molar-refractivity contribution in [2.45, 2.75) is 26.8 Å². The number of nitrogens with zero attached hydrogens (tertiary/aromatic N) is 1. The van der Waals surface area contributed by atoms with E-state index >= 15 is 0 Å². The number of nitrogens with one attached hydrogen (secondary N) is 1. The Hall–Kier alpha value is -1.39. The minimum atomic E-state index is -0.383. The third-order valence-corrected chi connectivity index (χ3v) is 3.33. The molecule has 0 radical (unpaired) electrons. The molecule has 0 aliphatic rings. The average molecular weight is 278 g/mol. The number of hydrogen-bond acceptors (Lipinski definition) is 4. The minimum absolute atomic E-state index is 0.210. The van der Waals surface area contributed by atoms with Crippen LogP contribution in [-0.4, -0.2) is 43.7 Å². The maximum Gasteiger partial charge on any atom is 0.327 e. The van der Waals surface area contributed by atoms with E-state index in [4.69, 9.17) is 4.74 Å². The van der Waals surface area contributed by atoms with Crippen LogP contribution in [0.25, 0.3) is 0 Å². The summed E-state index contributed by atoms with van der Waals surface area (Å²) < 4.78 is 5.15. The van der Waals surface area contributed by atoms with E-state index in [1.54, 1.807) is 0 Å². The predicted octanol–water partition coefficient (Wildman–Crippen LogP) is 2.22. The molecule has 1 aromatic rings. The first-order valence-corrected chi connectivity index (χ1v) is 7.40. The first kappa shape index (κ1) is 16.7. The van der Waals surface area contributed by atoms with Crippen LogP contribution < -0.4 is 5.32 Å². The Labute approximate surface area is 122 Å². The zero-order valence-electron chi connectivity index (χ0n) is 12.8. The summed E-state index contributed by atoms with van der Waals surface area (Å²) in [5, 5.41) is 3.30. The zero-order chi connectivity index (χ0) is 14.8. The van der Waals surface area contributed by atoms with Crippen molar-refractivity contribution in [2.24, 2.45) is 0 Å². The van der Waals surface area contributed by atoms with Gasteiger partial charge in [0.25, 0.3) is 0 Å². The molecule has 1 rings (SSSR count). The van der Waals surface area contributed by atoms with Crippen molar-refractivity contribution < 1.29 is 9.53 Å². The van der Waals surface area contributed by atoms with Crippen LogP contribution in [0.4, 0.5) is 0 Å². The second-order valence-corrected chi connectivity index (χ2v) is 4.58. The van der Waals surface area contributed by atoms with E-state index in [1.807, 2.05) is 37.3 Å². The Balaban J connectivity index is 2.62. The molecule has 0 aliphatic heterocycles. The summed E-state index contributed by atoms with van der Waals surface area (Å²) in [7, 11) is 0. The molecule has 1 atom stereocenters. The molecule has 0 aromatic heterocycles. The first-order valence-electron chi connectivity index (χ1n) is 7.40. The van der Waals surface area contributed by atoms with Crippen LogP contribution >= 0.6 is 0 Å². The van der Waals surface area contributed by atoms with Crippen molar-refractivity contribution in [3.63, 3.8) is 0 Å². The van der Waals surface area contributed by atoms with Crippen LogP contribution in [-0.2, 0) is 9.53 Å². The van der Waals surface area contributed by atoms with Crippen molar-refractivity contribution in [3.8, 4) is 0 Å². The van der Waals surface area contributed by atoms with E-state index in [-0.39, 0.29) is 12.0 Å². The lowest BCUT2D eigenvalue weighted by atomic mass is 10.1. The molecule has 0 fully saturated rings. The number of esters is 1. The molecule has 1 aromatic carbocycles. The Morgan fingerprint density at radius 1 is 1.20 bits per heavy atom. The largest absolute Gasteiger partial charge is 0.465 e. The third kappa shape index (κ3) is 5.31. The van der Waals surface area contributed by atoms with E-state index in [0.29, 0.717) is 6.61 Å². The maximum absolute atomic E-state index is 12.1. The van der Waals surface area contributed by atoms with Gasteiger partial charge in [0.2, 0.25) is 0 Å². The van der Waals surface area contributed by atoms with E-state index < -0.39 is 0 Å². The second-order valence-electron chi connectivity index (χ2n) is 4.58. The summed E-state index contributed by atoms with van der Waals surface area (Å²) in [4.78, 5) is 14.4. The van der Waals surface area contributed by atoms with E-state index in [2.05, 4.69) is 24.1 Å². The van der Waals surface area contributed by atoms with Gasteiger partial charge in [0.15, 0.2) is 0 Å². The normalized spacial score (nSPS) is 12.4. The summed E-state index contributed by atoms with van der Waals surface area (Å²) in [6.07, 6.45) is 0. The maximum atomic E-state index is 12.1. The van der Waals surface area contributed by atoms with Crippen LogP contribution in [0.3, 0.4) is 0 Å². The fourth-order valence-electron chi connectivity index (χ4n) is 2.12. The number of likely N-dealkylation sites (N-methyl/N-ethyl adjacent to an activating group) is 1. The van der Waals surface area contributed by atoms with Gasteiger partial charge in [0.1, 0.15) is 6.04 Å². The minimum Gasteiger partial charge on any atom is -0.465 e.